The van der Waals surface area contributed by atoms with Gasteiger partial charge in [0, 0.05) is 5.56 Å². The first kappa shape index (κ1) is 14.5. The SMILES string of the molecule is O=C(Nc1cnc2sc3ccccc3n2c1=O)c1ccc(F)cc1. The van der Waals surface area contributed by atoms with Crippen molar-refractivity contribution in [1.29, 1.82) is 0 Å². The van der Waals surface area contributed by atoms with Gasteiger partial charge in [0.05, 0.1) is 16.4 Å². The molecule has 2 aromatic carbocycles. The second-order valence-electron chi connectivity index (χ2n) is 5.13. The lowest BCUT2D eigenvalue weighted by molar-refractivity contribution is 0.102. The number of carbonyl (C=O) groups excluding carboxylic acids is 1. The van der Waals surface area contributed by atoms with Crippen molar-refractivity contribution in [2.75, 3.05) is 5.32 Å². The van der Waals surface area contributed by atoms with Crippen LogP contribution in [0.5, 0.6) is 0 Å². The lowest BCUT2D eigenvalue weighted by Crippen LogP contribution is -2.22. The fraction of sp³-hybridized carbons (Fsp3) is 0. The van der Waals surface area contributed by atoms with E-state index in [-0.39, 0.29) is 16.8 Å². The standard InChI is InChI=1S/C17H10FN3O2S/c18-11-7-5-10(6-8-11)15(22)20-12-9-19-17-21(16(12)23)13-3-1-2-4-14(13)24-17/h1-9H,(H,20,22). The van der Waals surface area contributed by atoms with Crippen molar-refractivity contribution in [3.8, 4) is 0 Å². The molecule has 7 heteroatoms. The van der Waals surface area contributed by atoms with Crippen molar-refractivity contribution in [2.45, 2.75) is 0 Å². The van der Waals surface area contributed by atoms with E-state index in [2.05, 4.69) is 10.3 Å². The second-order valence-corrected chi connectivity index (χ2v) is 6.13. The van der Waals surface area contributed by atoms with Gasteiger partial charge >= 0.3 is 0 Å². The van der Waals surface area contributed by atoms with Gasteiger partial charge in [-0.25, -0.2) is 13.8 Å². The van der Waals surface area contributed by atoms with E-state index in [1.54, 1.807) is 0 Å². The Morgan fingerprint density at radius 2 is 1.88 bits per heavy atom. The summed E-state index contributed by atoms with van der Waals surface area (Å²) in [5, 5.41) is 2.54. The van der Waals surface area contributed by atoms with Crippen LogP contribution >= 0.6 is 11.3 Å². The Kier molecular flexibility index (Phi) is 3.35. The molecule has 1 amide bonds. The average Bonchev–Trinajstić information content (AvgIpc) is 2.97. The molecule has 2 aromatic heterocycles. The second kappa shape index (κ2) is 5.54. The first-order valence-electron chi connectivity index (χ1n) is 7.10. The Labute approximate surface area is 139 Å². The number of para-hydroxylation sites is 1. The molecule has 0 spiro atoms. The normalized spacial score (nSPS) is 11.0. The fourth-order valence-corrected chi connectivity index (χ4v) is 3.42. The smallest absolute Gasteiger partial charge is 0.282 e. The number of rotatable bonds is 2. The predicted molar refractivity (Wildman–Crippen MR) is 91.2 cm³/mol. The topological polar surface area (TPSA) is 63.5 Å². The summed E-state index contributed by atoms with van der Waals surface area (Å²) in [5.74, 6) is -0.923. The Balaban J connectivity index is 1.78. The molecule has 0 atom stereocenters. The molecule has 0 aliphatic heterocycles. The highest BCUT2D eigenvalue weighted by Crippen LogP contribution is 2.23. The number of thiazole rings is 1. The summed E-state index contributed by atoms with van der Waals surface area (Å²) in [6.07, 6.45) is 1.34. The van der Waals surface area contributed by atoms with Crippen LogP contribution in [0.15, 0.2) is 59.5 Å². The Morgan fingerprint density at radius 1 is 1.12 bits per heavy atom. The van der Waals surface area contributed by atoms with Crippen molar-refractivity contribution in [2.24, 2.45) is 0 Å². The summed E-state index contributed by atoms with van der Waals surface area (Å²) in [7, 11) is 0. The van der Waals surface area contributed by atoms with Crippen LogP contribution in [0.25, 0.3) is 15.2 Å². The average molecular weight is 339 g/mol. The van der Waals surface area contributed by atoms with Gasteiger partial charge in [-0.05, 0) is 36.4 Å². The lowest BCUT2D eigenvalue weighted by atomic mass is 10.2. The third-order valence-corrected chi connectivity index (χ3v) is 4.63. The van der Waals surface area contributed by atoms with Crippen LogP contribution in [0.1, 0.15) is 10.4 Å². The van der Waals surface area contributed by atoms with E-state index in [1.807, 2.05) is 24.3 Å². The molecule has 4 rings (SSSR count). The van der Waals surface area contributed by atoms with Gasteiger partial charge < -0.3 is 5.32 Å². The fourth-order valence-electron chi connectivity index (χ4n) is 2.43. The summed E-state index contributed by atoms with van der Waals surface area (Å²) >= 11 is 1.40. The van der Waals surface area contributed by atoms with Gasteiger partial charge in [-0.1, -0.05) is 23.5 Å². The molecule has 4 aromatic rings. The molecule has 118 valence electrons. The molecule has 0 saturated carbocycles. The first-order chi connectivity index (χ1) is 11.6. The van der Waals surface area contributed by atoms with Crippen molar-refractivity contribution in [3.05, 3.63) is 76.5 Å². The van der Waals surface area contributed by atoms with E-state index in [0.29, 0.717) is 4.96 Å². The van der Waals surface area contributed by atoms with E-state index in [9.17, 15) is 14.0 Å². The molecule has 0 fully saturated rings. The van der Waals surface area contributed by atoms with Crippen LogP contribution in [-0.2, 0) is 0 Å². The predicted octanol–water partition coefficient (Wildman–Crippen LogP) is 3.30. The number of benzene rings is 2. The Bertz CT molecular complexity index is 1130. The van der Waals surface area contributed by atoms with Gasteiger partial charge in [0.2, 0.25) is 0 Å². The van der Waals surface area contributed by atoms with Crippen molar-refractivity contribution in [3.63, 3.8) is 0 Å². The summed E-state index contributed by atoms with van der Waals surface area (Å²) in [5.41, 5.74) is 0.724. The first-order valence-corrected chi connectivity index (χ1v) is 7.91. The van der Waals surface area contributed by atoms with E-state index in [1.165, 1.54) is 46.2 Å². The van der Waals surface area contributed by atoms with Crippen LogP contribution in [-0.4, -0.2) is 15.3 Å². The molecule has 5 nitrogen and oxygen atoms in total. The third kappa shape index (κ3) is 2.35. The van der Waals surface area contributed by atoms with E-state index < -0.39 is 11.7 Å². The molecule has 0 saturated heterocycles. The maximum atomic E-state index is 12.9. The van der Waals surface area contributed by atoms with E-state index in [0.717, 1.165) is 10.2 Å². The lowest BCUT2D eigenvalue weighted by Gasteiger charge is -2.05. The summed E-state index contributed by atoms with van der Waals surface area (Å²) in [6.45, 7) is 0. The number of hydrogen-bond donors (Lipinski definition) is 1. The van der Waals surface area contributed by atoms with E-state index in [4.69, 9.17) is 0 Å². The zero-order chi connectivity index (χ0) is 16.7. The molecule has 0 unspecified atom stereocenters. The van der Waals surface area contributed by atoms with Crippen molar-refractivity contribution < 1.29 is 9.18 Å². The maximum absolute atomic E-state index is 12.9. The minimum Gasteiger partial charge on any atom is -0.316 e. The van der Waals surface area contributed by atoms with Gasteiger partial charge in [0.1, 0.15) is 11.5 Å². The van der Waals surface area contributed by atoms with Gasteiger partial charge in [-0.2, -0.15) is 0 Å². The number of halogens is 1. The number of amides is 1. The maximum Gasteiger partial charge on any atom is 0.282 e. The molecule has 0 aliphatic rings. The van der Waals surface area contributed by atoms with Crippen LogP contribution in [0.2, 0.25) is 0 Å². The number of nitrogens with zero attached hydrogens (tertiary/aromatic N) is 2. The van der Waals surface area contributed by atoms with Crippen LogP contribution < -0.4 is 10.9 Å². The van der Waals surface area contributed by atoms with Crippen molar-refractivity contribution in [1.82, 2.24) is 9.38 Å². The summed E-state index contributed by atoms with van der Waals surface area (Å²) < 4.78 is 15.3. The highest BCUT2D eigenvalue weighted by atomic mass is 32.1. The quantitative estimate of drug-likeness (QED) is 0.609. The largest absolute Gasteiger partial charge is 0.316 e. The highest BCUT2D eigenvalue weighted by molar-refractivity contribution is 7.23. The summed E-state index contributed by atoms with van der Waals surface area (Å²) in [4.78, 5) is 29.7. The highest BCUT2D eigenvalue weighted by Gasteiger charge is 2.13. The minimum absolute atomic E-state index is 0.0744. The number of anilines is 1. The molecule has 0 bridgehead atoms. The Hall–Kier alpha value is -3.06. The molecule has 0 radical (unpaired) electrons. The number of carbonyl (C=O) groups is 1. The van der Waals surface area contributed by atoms with Gasteiger partial charge in [-0.3, -0.25) is 9.59 Å². The van der Waals surface area contributed by atoms with Gasteiger partial charge in [0.25, 0.3) is 11.5 Å². The monoisotopic (exact) mass is 339 g/mol. The summed E-state index contributed by atoms with van der Waals surface area (Å²) in [6, 6.07) is 12.6. The van der Waals surface area contributed by atoms with Crippen LogP contribution in [0, 0.1) is 5.82 Å². The zero-order valence-electron chi connectivity index (χ0n) is 12.2. The Morgan fingerprint density at radius 3 is 2.67 bits per heavy atom. The van der Waals surface area contributed by atoms with Crippen molar-refractivity contribution >= 4 is 38.1 Å². The zero-order valence-corrected chi connectivity index (χ0v) is 13.0. The molecular weight excluding hydrogens is 329 g/mol. The minimum atomic E-state index is -0.492. The number of fused-ring (bicyclic) bond motifs is 3. The molecule has 1 N–H and O–H groups in total. The van der Waals surface area contributed by atoms with Gasteiger partial charge in [-0.15, -0.1) is 0 Å². The molecule has 2 heterocycles. The van der Waals surface area contributed by atoms with E-state index >= 15 is 0 Å². The molecule has 0 aliphatic carbocycles. The number of nitrogens with one attached hydrogen (secondary N) is 1. The van der Waals surface area contributed by atoms with Crippen LogP contribution in [0.4, 0.5) is 10.1 Å². The van der Waals surface area contributed by atoms with Gasteiger partial charge in [0.15, 0.2) is 4.96 Å². The molecule has 24 heavy (non-hydrogen) atoms. The third-order valence-electron chi connectivity index (χ3n) is 3.59. The number of hydrogen-bond acceptors (Lipinski definition) is 4. The molecular formula is C17H10FN3O2S. The van der Waals surface area contributed by atoms with Crippen LogP contribution in [0.3, 0.4) is 0 Å². The number of aromatic nitrogens is 2.